The van der Waals surface area contributed by atoms with Gasteiger partial charge < -0.3 is 10.0 Å². The summed E-state index contributed by atoms with van der Waals surface area (Å²) in [4.78, 5) is 15.6. The Bertz CT molecular complexity index is 275. The second kappa shape index (κ2) is 5.36. The molecule has 1 saturated carbocycles. The van der Waals surface area contributed by atoms with Crippen molar-refractivity contribution in [3.8, 4) is 0 Å². The zero-order valence-corrected chi connectivity index (χ0v) is 10.8. The van der Waals surface area contributed by atoms with Crippen molar-refractivity contribution in [2.45, 2.75) is 44.6 Å². The molecule has 0 unspecified atom stereocenters. The fraction of sp³-hybridized carbons (Fsp3) is 0.923. The molecule has 1 N–H and O–H groups in total. The number of β-amino-alcohol motifs (C(OH)–C–C–N with tert-alkyl or cyclic N) is 1. The highest BCUT2D eigenvalue weighted by Crippen LogP contribution is 2.30. The van der Waals surface area contributed by atoms with Gasteiger partial charge in [0, 0.05) is 39.6 Å². The zero-order chi connectivity index (χ0) is 12.3. The van der Waals surface area contributed by atoms with Gasteiger partial charge in [0.25, 0.3) is 0 Å². The van der Waals surface area contributed by atoms with Crippen LogP contribution in [-0.4, -0.2) is 59.1 Å². The summed E-state index contributed by atoms with van der Waals surface area (Å²) in [7, 11) is 0. The molecule has 17 heavy (non-hydrogen) atoms. The van der Waals surface area contributed by atoms with Crippen molar-refractivity contribution < 1.29 is 9.90 Å². The van der Waals surface area contributed by atoms with Crippen molar-refractivity contribution in [3.63, 3.8) is 0 Å². The molecule has 0 aromatic heterocycles. The molecule has 1 heterocycles. The average Bonchev–Trinajstić information content (AvgIpc) is 2.56. The monoisotopic (exact) mass is 240 g/mol. The lowest BCUT2D eigenvalue weighted by atomic mass is 10.0. The van der Waals surface area contributed by atoms with E-state index >= 15 is 0 Å². The summed E-state index contributed by atoms with van der Waals surface area (Å²) in [5.41, 5.74) is -0.453. The summed E-state index contributed by atoms with van der Waals surface area (Å²) in [6.07, 6.45) is 5.23. The van der Waals surface area contributed by atoms with Gasteiger partial charge in [0.05, 0.1) is 5.60 Å². The Hall–Kier alpha value is -0.610. The molecule has 4 nitrogen and oxygen atoms in total. The van der Waals surface area contributed by atoms with Crippen LogP contribution < -0.4 is 0 Å². The van der Waals surface area contributed by atoms with Crippen LogP contribution in [0.3, 0.4) is 0 Å². The number of carbonyl (C=O) groups is 1. The third-order valence-corrected chi connectivity index (χ3v) is 4.09. The molecule has 1 aliphatic heterocycles. The highest BCUT2D eigenvalue weighted by molar-refractivity contribution is 5.73. The molecule has 2 aliphatic rings. The van der Waals surface area contributed by atoms with Gasteiger partial charge in [-0.15, -0.1) is 0 Å². The fourth-order valence-corrected chi connectivity index (χ4v) is 3.05. The number of hydrogen-bond acceptors (Lipinski definition) is 3. The van der Waals surface area contributed by atoms with Gasteiger partial charge in [0.15, 0.2) is 0 Å². The number of hydrogen-bond donors (Lipinski definition) is 1. The van der Waals surface area contributed by atoms with E-state index in [2.05, 4.69) is 4.90 Å². The van der Waals surface area contributed by atoms with Gasteiger partial charge >= 0.3 is 0 Å². The number of carbonyl (C=O) groups excluding carboxylic acids is 1. The van der Waals surface area contributed by atoms with Crippen molar-refractivity contribution >= 4 is 5.91 Å². The van der Waals surface area contributed by atoms with Crippen LogP contribution in [0.15, 0.2) is 0 Å². The van der Waals surface area contributed by atoms with Crippen LogP contribution in [0, 0.1) is 0 Å². The van der Waals surface area contributed by atoms with E-state index in [1.165, 1.54) is 0 Å². The van der Waals surface area contributed by atoms with Crippen LogP contribution in [0.4, 0.5) is 0 Å². The van der Waals surface area contributed by atoms with E-state index in [1.54, 1.807) is 6.92 Å². The van der Waals surface area contributed by atoms with E-state index in [4.69, 9.17) is 0 Å². The summed E-state index contributed by atoms with van der Waals surface area (Å²) < 4.78 is 0. The first-order chi connectivity index (χ1) is 8.09. The number of amides is 1. The summed E-state index contributed by atoms with van der Waals surface area (Å²) in [5, 5.41) is 10.4. The van der Waals surface area contributed by atoms with Gasteiger partial charge in [0.1, 0.15) is 0 Å². The van der Waals surface area contributed by atoms with E-state index in [9.17, 15) is 9.90 Å². The summed E-state index contributed by atoms with van der Waals surface area (Å²) >= 11 is 0. The third-order valence-electron chi connectivity index (χ3n) is 4.09. The SMILES string of the molecule is CC(=O)N1CCCN(CC2(O)CCCC2)CC1. The molecule has 4 heteroatoms. The quantitative estimate of drug-likeness (QED) is 0.778. The van der Waals surface area contributed by atoms with Crippen LogP contribution in [0.25, 0.3) is 0 Å². The highest BCUT2D eigenvalue weighted by Gasteiger charge is 2.33. The van der Waals surface area contributed by atoms with Gasteiger partial charge in [-0.1, -0.05) is 12.8 Å². The van der Waals surface area contributed by atoms with E-state index in [0.717, 1.165) is 64.8 Å². The molecule has 2 rings (SSSR count). The van der Waals surface area contributed by atoms with E-state index in [-0.39, 0.29) is 5.91 Å². The van der Waals surface area contributed by atoms with Crippen LogP contribution in [-0.2, 0) is 4.79 Å². The second-order valence-corrected chi connectivity index (χ2v) is 5.57. The molecule has 0 bridgehead atoms. The van der Waals surface area contributed by atoms with Crippen molar-refractivity contribution in [2.24, 2.45) is 0 Å². The number of nitrogens with zero attached hydrogens (tertiary/aromatic N) is 2. The number of aliphatic hydroxyl groups is 1. The first kappa shape index (κ1) is 12.8. The lowest BCUT2D eigenvalue weighted by Crippen LogP contribution is -2.43. The molecule has 1 amide bonds. The average molecular weight is 240 g/mol. The minimum absolute atomic E-state index is 0.173. The van der Waals surface area contributed by atoms with Gasteiger partial charge in [-0.05, 0) is 19.3 Å². The van der Waals surface area contributed by atoms with Gasteiger partial charge in [-0.25, -0.2) is 0 Å². The standard InChI is InChI=1S/C13H24N2O2/c1-12(16)15-8-4-7-14(9-10-15)11-13(17)5-2-3-6-13/h17H,2-11H2,1H3. The minimum Gasteiger partial charge on any atom is -0.389 e. The summed E-state index contributed by atoms with van der Waals surface area (Å²) in [6.45, 7) is 6.02. The molecule has 2 fully saturated rings. The first-order valence-corrected chi connectivity index (χ1v) is 6.79. The largest absolute Gasteiger partial charge is 0.389 e. The van der Waals surface area contributed by atoms with Crippen molar-refractivity contribution in [1.82, 2.24) is 9.80 Å². The Morgan fingerprint density at radius 2 is 1.82 bits per heavy atom. The minimum atomic E-state index is -0.453. The van der Waals surface area contributed by atoms with E-state index < -0.39 is 5.60 Å². The number of rotatable bonds is 2. The molecule has 1 saturated heterocycles. The Morgan fingerprint density at radius 3 is 2.47 bits per heavy atom. The first-order valence-electron chi connectivity index (χ1n) is 6.79. The van der Waals surface area contributed by atoms with Crippen LogP contribution >= 0.6 is 0 Å². The van der Waals surface area contributed by atoms with Crippen molar-refractivity contribution in [2.75, 3.05) is 32.7 Å². The fourth-order valence-electron chi connectivity index (χ4n) is 3.05. The highest BCUT2D eigenvalue weighted by atomic mass is 16.3. The molecule has 0 aromatic rings. The summed E-state index contributed by atoms with van der Waals surface area (Å²) in [6, 6.07) is 0. The zero-order valence-electron chi connectivity index (χ0n) is 10.8. The topological polar surface area (TPSA) is 43.8 Å². The lowest BCUT2D eigenvalue weighted by molar-refractivity contribution is -0.128. The van der Waals surface area contributed by atoms with Crippen LogP contribution in [0.2, 0.25) is 0 Å². The van der Waals surface area contributed by atoms with Gasteiger partial charge in [0.2, 0.25) is 5.91 Å². The maximum atomic E-state index is 11.3. The summed E-state index contributed by atoms with van der Waals surface area (Å²) in [5.74, 6) is 0.173. The molecule has 0 spiro atoms. The maximum Gasteiger partial charge on any atom is 0.219 e. The second-order valence-electron chi connectivity index (χ2n) is 5.57. The van der Waals surface area contributed by atoms with Crippen LogP contribution in [0.1, 0.15) is 39.0 Å². The molecule has 0 atom stereocenters. The molecule has 98 valence electrons. The van der Waals surface area contributed by atoms with Crippen LogP contribution in [0.5, 0.6) is 0 Å². The predicted octanol–water partition coefficient (Wildman–Crippen LogP) is 0.846. The van der Waals surface area contributed by atoms with Gasteiger partial charge in [-0.3, -0.25) is 9.69 Å². The normalized spacial score (nSPS) is 25.9. The molecule has 0 aromatic carbocycles. The Balaban J connectivity index is 1.84. The Labute approximate surface area is 104 Å². The third kappa shape index (κ3) is 3.42. The molecule has 1 aliphatic carbocycles. The predicted molar refractivity (Wildman–Crippen MR) is 66.7 cm³/mol. The Kier molecular flexibility index (Phi) is 4.05. The molecule has 0 radical (unpaired) electrons. The lowest BCUT2D eigenvalue weighted by Gasteiger charge is -2.30. The van der Waals surface area contributed by atoms with Crippen molar-refractivity contribution in [3.05, 3.63) is 0 Å². The maximum absolute atomic E-state index is 11.3. The van der Waals surface area contributed by atoms with E-state index in [0.29, 0.717) is 0 Å². The molecular formula is C13H24N2O2. The van der Waals surface area contributed by atoms with Crippen molar-refractivity contribution in [1.29, 1.82) is 0 Å². The Morgan fingerprint density at radius 1 is 1.12 bits per heavy atom. The van der Waals surface area contributed by atoms with E-state index in [1.807, 2.05) is 4.90 Å². The molecular weight excluding hydrogens is 216 g/mol. The van der Waals surface area contributed by atoms with Gasteiger partial charge in [-0.2, -0.15) is 0 Å². The smallest absolute Gasteiger partial charge is 0.219 e.